The molecule has 1 N–H and O–H groups in total. The third-order valence-electron chi connectivity index (χ3n) is 4.37. The quantitative estimate of drug-likeness (QED) is 0.767. The van der Waals surface area contributed by atoms with Gasteiger partial charge in [0, 0.05) is 6.04 Å². The Labute approximate surface area is 127 Å². The normalized spacial score (nSPS) is 17.4. The summed E-state index contributed by atoms with van der Waals surface area (Å²) in [6.07, 6.45) is 8.20. The molecule has 0 bridgehead atoms. The summed E-state index contributed by atoms with van der Waals surface area (Å²) in [5, 5.41) is 4.28. The van der Waals surface area contributed by atoms with Gasteiger partial charge in [0.1, 0.15) is 5.75 Å². The van der Waals surface area contributed by atoms with Gasteiger partial charge in [-0.05, 0) is 43.0 Å². The zero-order valence-electron chi connectivity index (χ0n) is 12.6. The van der Waals surface area contributed by atoms with Crippen LogP contribution in [-0.2, 0) is 0 Å². The van der Waals surface area contributed by atoms with E-state index in [9.17, 15) is 0 Å². The van der Waals surface area contributed by atoms with Gasteiger partial charge in [0.25, 0.3) is 0 Å². The van der Waals surface area contributed by atoms with Crippen LogP contribution in [0.15, 0.2) is 18.2 Å². The molecule has 0 heterocycles. The van der Waals surface area contributed by atoms with Gasteiger partial charge in [-0.3, -0.25) is 0 Å². The van der Waals surface area contributed by atoms with Crippen LogP contribution in [0.4, 0.5) is 0 Å². The number of hydrogen-bond acceptors (Lipinski definition) is 2. The molecule has 1 aliphatic rings. The summed E-state index contributed by atoms with van der Waals surface area (Å²) in [6, 6.07) is 6.54. The molecule has 0 aliphatic heterocycles. The molecule has 20 heavy (non-hydrogen) atoms. The molecule has 0 amide bonds. The zero-order valence-corrected chi connectivity index (χ0v) is 13.4. The molecule has 2 rings (SSSR count). The van der Waals surface area contributed by atoms with Crippen molar-refractivity contribution in [1.29, 1.82) is 0 Å². The van der Waals surface area contributed by atoms with E-state index >= 15 is 0 Å². The van der Waals surface area contributed by atoms with Crippen molar-refractivity contribution in [3.05, 3.63) is 28.8 Å². The lowest BCUT2D eigenvalue weighted by Gasteiger charge is -2.21. The van der Waals surface area contributed by atoms with Crippen molar-refractivity contribution >= 4 is 11.6 Å². The van der Waals surface area contributed by atoms with E-state index in [1.807, 2.05) is 6.07 Å². The van der Waals surface area contributed by atoms with Crippen molar-refractivity contribution in [2.75, 3.05) is 13.7 Å². The Hall–Kier alpha value is -0.730. The van der Waals surface area contributed by atoms with E-state index in [0.717, 1.165) is 18.2 Å². The van der Waals surface area contributed by atoms with Crippen molar-refractivity contribution in [1.82, 2.24) is 5.32 Å². The summed E-state index contributed by atoms with van der Waals surface area (Å²) >= 11 is 6.11. The molecule has 3 heteroatoms. The Bertz CT molecular complexity index is 415. The van der Waals surface area contributed by atoms with Crippen LogP contribution in [0.5, 0.6) is 5.75 Å². The van der Waals surface area contributed by atoms with Crippen molar-refractivity contribution in [2.45, 2.75) is 51.5 Å². The number of ether oxygens (including phenoxy) is 1. The van der Waals surface area contributed by atoms with Gasteiger partial charge in [-0.1, -0.05) is 50.3 Å². The summed E-state index contributed by atoms with van der Waals surface area (Å²) in [5.41, 5.74) is 1.28. The molecular formula is C17H26ClNO. The van der Waals surface area contributed by atoms with Crippen LogP contribution in [0.1, 0.15) is 57.1 Å². The highest BCUT2D eigenvalue weighted by Gasteiger charge is 2.18. The number of rotatable bonds is 7. The molecular weight excluding hydrogens is 270 g/mol. The lowest BCUT2D eigenvalue weighted by Crippen LogP contribution is -2.21. The number of halogens is 1. The van der Waals surface area contributed by atoms with Gasteiger partial charge in [0.2, 0.25) is 0 Å². The average molecular weight is 296 g/mol. The molecule has 1 aromatic rings. The minimum absolute atomic E-state index is 0.409. The third kappa shape index (κ3) is 4.13. The van der Waals surface area contributed by atoms with Crippen molar-refractivity contribution in [3.8, 4) is 5.75 Å². The van der Waals surface area contributed by atoms with Crippen LogP contribution in [0.3, 0.4) is 0 Å². The van der Waals surface area contributed by atoms with E-state index < -0.39 is 0 Å². The van der Waals surface area contributed by atoms with Crippen molar-refractivity contribution in [3.63, 3.8) is 0 Å². The van der Waals surface area contributed by atoms with Crippen LogP contribution in [0, 0.1) is 5.92 Å². The first-order valence-electron chi connectivity index (χ1n) is 7.81. The lowest BCUT2D eigenvalue weighted by atomic mass is 9.94. The molecule has 0 saturated heterocycles. The molecule has 2 nitrogen and oxygen atoms in total. The maximum Gasteiger partial charge on any atom is 0.137 e. The number of methoxy groups -OCH3 is 1. The number of benzene rings is 1. The maximum atomic E-state index is 6.11. The van der Waals surface area contributed by atoms with Crippen LogP contribution in [-0.4, -0.2) is 13.7 Å². The minimum atomic E-state index is 0.409. The van der Waals surface area contributed by atoms with Crippen LogP contribution >= 0.6 is 11.6 Å². The van der Waals surface area contributed by atoms with Crippen LogP contribution in [0.2, 0.25) is 5.02 Å². The van der Waals surface area contributed by atoms with Gasteiger partial charge < -0.3 is 10.1 Å². The smallest absolute Gasteiger partial charge is 0.137 e. The molecule has 1 unspecified atom stereocenters. The average Bonchev–Trinajstić information content (AvgIpc) is 2.97. The fourth-order valence-corrected chi connectivity index (χ4v) is 3.42. The summed E-state index contributed by atoms with van der Waals surface area (Å²) < 4.78 is 5.33. The van der Waals surface area contributed by atoms with E-state index in [-0.39, 0.29) is 0 Å². The van der Waals surface area contributed by atoms with E-state index in [4.69, 9.17) is 16.3 Å². The Morgan fingerprint density at radius 2 is 2.10 bits per heavy atom. The second kappa shape index (κ2) is 7.90. The SMILES string of the molecule is CCNC(CCC1CCCC1)c1ccc(Cl)c(OC)c1. The van der Waals surface area contributed by atoms with Crippen molar-refractivity contribution < 1.29 is 4.74 Å². The first-order valence-corrected chi connectivity index (χ1v) is 8.19. The van der Waals surface area contributed by atoms with Gasteiger partial charge in [0.05, 0.1) is 12.1 Å². The largest absolute Gasteiger partial charge is 0.495 e. The third-order valence-corrected chi connectivity index (χ3v) is 4.68. The van der Waals surface area contributed by atoms with Gasteiger partial charge >= 0.3 is 0 Å². The molecule has 0 aromatic heterocycles. The lowest BCUT2D eigenvalue weighted by molar-refractivity contribution is 0.404. The van der Waals surface area contributed by atoms with Gasteiger partial charge in [-0.15, -0.1) is 0 Å². The highest BCUT2D eigenvalue weighted by molar-refractivity contribution is 6.32. The summed E-state index contributed by atoms with van der Waals surface area (Å²) in [6.45, 7) is 3.15. The molecule has 1 atom stereocenters. The Morgan fingerprint density at radius 3 is 2.75 bits per heavy atom. The predicted octanol–water partition coefficient (Wildman–Crippen LogP) is 4.97. The van der Waals surface area contributed by atoms with Crippen LogP contribution < -0.4 is 10.1 Å². The Morgan fingerprint density at radius 1 is 1.35 bits per heavy atom. The molecule has 0 radical (unpaired) electrons. The van der Waals surface area contributed by atoms with Crippen LogP contribution in [0.25, 0.3) is 0 Å². The fraction of sp³-hybridized carbons (Fsp3) is 0.647. The summed E-state index contributed by atoms with van der Waals surface area (Å²) in [4.78, 5) is 0. The van der Waals surface area contributed by atoms with E-state index in [1.54, 1.807) is 7.11 Å². The molecule has 1 aliphatic carbocycles. The second-order valence-corrected chi connectivity index (χ2v) is 6.14. The predicted molar refractivity (Wildman–Crippen MR) is 85.6 cm³/mol. The summed E-state index contributed by atoms with van der Waals surface area (Å²) in [7, 11) is 1.67. The first-order chi connectivity index (χ1) is 9.74. The van der Waals surface area contributed by atoms with E-state index in [2.05, 4.69) is 24.4 Å². The topological polar surface area (TPSA) is 21.3 Å². The Kier molecular flexibility index (Phi) is 6.18. The molecule has 1 saturated carbocycles. The van der Waals surface area contributed by atoms with Gasteiger partial charge in [0.15, 0.2) is 0 Å². The Balaban J connectivity index is 2.02. The molecule has 1 aromatic carbocycles. The number of hydrogen-bond donors (Lipinski definition) is 1. The zero-order chi connectivity index (χ0) is 14.4. The fourth-order valence-electron chi connectivity index (χ4n) is 3.23. The minimum Gasteiger partial charge on any atom is -0.495 e. The van der Waals surface area contributed by atoms with E-state index in [0.29, 0.717) is 11.1 Å². The monoisotopic (exact) mass is 295 g/mol. The number of nitrogens with one attached hydrogen (secondary N) is 1. The van der Waals surface area contributed by atoms with Gasteiger partial charge in [-0.25, -0.2) is 0 Å². The summed E-state index contributed by atoms with van der Waals surface area (Å²) in [5.74, 6) is 1.71. The van der Waals surface area contributed by atoms with E-state index in [1.165, 1.54) is 44.1 Å². The molecule has 1 fully saturated rings. The molecule has 112 valence electrons. The maximum absolute atomic E-state index is 6.11. The molecule has 0 spiro atoms. The first kappa shape index (κ1) is 15.7. The standard InChI is InChI=1S/C17H26ClNO/c1-3-19-16(11-8-13-6-4-5-7-13)14-9-10-15(18)17(12-14)20-2/h9-10,12-13,16,19H,3-8,11H2,1-2H3. The highest BCUT2D eigenvalue weighted by Crippen LogP contribution is 2.33. The van der Waals surface area contributed by atoms with Crippen molar-refractivity contribution in [2.24, 2.45) is 5.92 Å². The second-order valence-electron chi connectivity index (χ2n) is 5.73. The van der Waals surface area contributed by atoms with Gasteiger partial charge in [-0.2, -0.15) is 0 Å². The highest BCUT2D eigenvalue weighted by atomic mass is 35.5.